The molecule has 1 amide bonds. The van der Waals surface area contributed by atoms with Crippen LogP contribution < -0.4 is 16.4 Å². The molecule has 0 atom stereocenters. The lowest BCUT2D eigenvalue weighted by Crippen LogP contribution is -2.14. The van der Waals surface area contributed by atoms with Gasteiger partial charge in [-0.1, -0.05) is 41.9 Å². The Morgan fingerprint density at radius 2 is 1.67 bits per heavy atom. The highest BCUT2D eigenvalue weighted by molar-refractivity contribution is 7.21. The van der Waals surface area contributed by atoms with Crippen LogP contribution in [0.1, 0.15) is 10.4 Å². The van der Waals surface area contributed by atoms with Crippen molar-refractivity contribution in [2.24, 2.45) is 0 Å². The predicted molar refractivity (Wildman–Crippen MR) is 145 cm³/mol. The fraction of sp³-hybridized carbons (Fsp3) is 0. The average molecular weight is 512 g/mol. The van der Waals surface area contributed by atoms with Gasteiger partial charge >= 0.3 is 0 Å². The van der Waals surface area contributed by atoms with Gasteiger partial charge in [0.1, 0.15) is 16.4 Å². The fourth-order valence-corrected chi connectivity index (χ4v) is 4.93. The molecule has 0 unspecified atom stereocenters. The molecule has 0 bridgehead atoms. The van der Waals surface area contributed by atoms with Crippen LogP contribution in [0.4, 0.5) is 23.0 Å². The van der Waals surface area contributed by atoms with Crippen LogP contribution >= 0.6 is 22.9 Å². The number of halogens is 1. The molecule has 6 rings (SSSR count). The van der Waals surface area contributed by atoms with Gasteiger partial charge in [0.25, 0.3) is 5.91 Å². The summed E-state index contributed by atoms with van der Waals surface area (Å²) >= 11 is 7.50. The van der Waals surface area contributed by atoms with E-state index in [9.17, 15) is 4.79 Å². The molecular formula is C26H18ClN7OS. The van der Waals surface area contributed by atoms with Crippen LogP contribution in [0.15, 0.2) is 85.1 Å². The standard InChI is InChI=1S/C26H18ClN7OS/c27-15-10-12-17(13-11-15)30-25(35)21-23(29-16-6-2-1-3-7-16)33-34-14-18(22(28)32-24(21)34)26-31-19-8-4-5-9-20(19)36-26/h1-14H,(H2,28,32)(H,29,33)(H,30,35). The number of carbonyl (C=O) groups excluding carboxylic acids is 1. The third-order valence-corrected chi connectivity index (χ3v) is 6.85. The minimum Gasteiger partial charge on any atom is -0.383 e. The Balaban J connectivity index is 1.47. The first-order valence-electron chi connectivity index (χ1n) is 11.0. The number of amides is 1. The molecule has 0 aliphatic rings. The van der Waals surface area contributed by atoms with Crippen molar-refractivity contribution in [3.63, 3.8) is 0 Å². The lowest BCUT2D eigenvalue weighted by atomic mass is 10.2. The molecule has 0 fully saturated rings. The second-order valence-corrected chi connectivity index (χ2v) is 9.44. The topological polar surface area (TPSA) is 110 Å². The molecule has 0 saturated heterocycles. The van der Waals surface area contributed by atoms with Crippen molar-refractivity contribution in [2.45, 2.75) is 0 Å². The van der Waals surface area contributed by atoms with Crippen LogP contribution in [-0.2, 0) is 0 Å². The van der Waals surface area contributed by atoms with E-state index in [1.165, 1.54) is 11.3 Å². The van der Waals surface area contributed by atoms with Gasteiger partial charge < -0.3 is 16.4 Å². The minimum atomic E-state index is -0.384. The lowest BCUT2D eigenvalue weighted by Gasteiger charge is -2.08. The van der Waals surface area contributed by atoms with E-state index >= 15 is 0 Å². The van der Waals surface area contributed by atoms with Gasteiger partial charge in [-0.3, -0.25) is 4.79 Å². The number of nitrogens with one attached hydrogen (secondary N) is 2. The maximum Gasteiger partial charge on any atom is 0.263 e. The van der Waals surface area contributed by atoms with E-state index in [1.54, 1.807) is 35.0 Å². The number of nitrogen functional groups attached to an aromatic ring is 1. The Bertz CT molecular complexity index is 1700. The van der Waals surface area contributed by atoms with Crippen molar-refractivity contribution in [1.82, 2.24) is 19.6 Å². The molecule has 0 radical (unpaired) electrons. The maximum atomic E-state index is 13.4. The number of nitrogens with zero attached hydrogens (tertiary/aromatic N) is 4. The summed E-state index contributed by atoms with van der Waals surface area (Å²) in [6, 6.07) is 24.2. The lowest BCUT2D eigenvalue weighted by molar-refractivity contribution is 0.102. The van der Waals surface area contributed by atoms with Crippen LogP contribution in [0, 0.1) is 0 Å². The van der Waals surface area contributed by atoms with Gasteiger partial charge in [0.05, 0.1) is 15.8 Å². The van der Waals surface area contributed by atoms with Gasteiger partial charge in [-0.2, -0.15) is 0 Å². The zero-order valence-electron chi connectivity index (χ0n) is 18.6. The summed E-state index contributed by atoms with van der Waals surface area (Å²) in [6.07, 6.45) is 1.75. The van der Waals surface area contributed by atoms with E-state index in [4.69, 9.17) is 22.3 Å². The SMILES string of the molecule is Nc1nc2c(C(=O)Nc3ccc(Cl)cc3)c(Nc3ccccc3)nn2cc1-c1nc2ccccc2s1. The number of hydrogen-bond acceptors (Lipinski definition) is 7. The third-order valence-electron chi connectivity index (χ3n) is 5.53. The third kappa shape index (κ3) is 4.10. The fourth-order valence-electron chi connectivity index (χ4n) is 3.82. The van der Waals surface area contributed by atoms with Gasteiger partial charge in [-0.25, -0.2) is 14.5 Å². The molecule has 36 heavy (non-hydrogen) atoms. The number of rotatable bonds is 5. The van der Waals surface area contributed by atoms with Gasteiger partial charge in [-0.15, -0.1) is 16.4 Å². The molecule has 0 aliphatic carbocycles. The van der Waals surface area contributed by atoms with Crippen LogP contribution in [0.5, 0.6) is 0 Å². The number of benzene rings is 3. The normalized spacial score (nSPS) is 11.1. The Hall–Kier alpha value is -4.47. The Morgan fingerprint density at radius 1 is 0.917 bits per heavy atom. The smallest absolute Gasteiger partial charge is 0.263 e. The number of carbonyl (C=O) groups is 1. The Labute approximate surface area is 214 Å². The molecular weight excluding hydrogens is 494 g/mol. The average Bonchev–Trinajstić information content (AvgIpc) is 3.46. The number of hydrogen-bond donors (Lipinski definition) is 3. The van der Waals surface area contributed by atoms with E-state index in [-0.39, 0.29) is 17.3 Å². The monoisotopic (exact) mass is 511 g/mol. The zero-order valence-corrected chi connectivity index (χ0v) is 20.2. The van der Waals surface area contributed by atoms with Gasteiger partial charge in [0, 0.05) is 22.6 Å². The highest BCUT2D eigenvalue weighted by Crippen LogP contribution is 2.34. The predicted octanol–water partition coefficient (Wildman–Crippen LogP) is 6.24. The number of nitrogens with two attached hydrogens (primary N) is 1. The molecule has 8 nitrogen and oxygen atoms in total. The van der Waals surface area contributed by atoms with Crippen molar-refractivity contribution in [3.05, 3.63) is 95.6 Å². The van der Waals surface area contributed by atoms with Crippen molar-refractivity contribution in [1.29, 1.82) is 0 Å². The molecule has 3 aromatic heterocycles. The quantitative estimate of drug-likeness (QED) is 0.253. The summed E-state index contributed by atoms with van der Waals surface area (Å²) in [5, 5.41) is 12.1. The van der Waals surface area contributed by atoms with Gasteiger partial charge in [0.15, 0.2) is 11.5 Å². The van der Waals surface area contributed by atoms with Crippen molar-refractivity contribution >= 4 is 67.7 Å². The summed E-state index contributed by atoms with van der Waals surface area (Å²) in [4.78, 5) is 22.7. The molecule has 3 aromatic carbocycles. The van der Waals surface area contributed by atoms with Gasteiger partial charge in [-0.05, 0) is 48.5 Å². The summed E-state index contributed by atoms with van der Waals surface area (Å²) < 4.78 is 2.60. The molecule has 6 aromatic rings. The van der Waals surface area contributed by atoms with Crippen LogP contribution in [-0.4, -0.2) is 25.5 Å². The van der Waals surface area contributed by atoms with Crippen LogP contribution in [0.25, 0.3) is 26.4 Å². The summed E-state index contributed by atoms with van der Waals surface area (Å²) in [7, 11) is 0. The van der Waals surface area contributed by atoms with Crippen molar-refractivity contribution in [2.75, 3.05) is 16.4 Å². The number of aromatic nitrogens is 4. The van der Waals surface area contributed by atoms with E-state index in [1.807, 2.05) is 54.6 Å². The van der Waals surface area contributed by atoms with E-state index in [0.29, 0.717) is 27.7 Å². The molecule has 10 heteroatoms. The van der Waals surface area contributed by atoms with E-state index in [0.717, 1.165) is 20.9 Å². The maximum absolute atomic E-state index is 13.4. The number of thiazole rings is 1. The van der Waals surface area contributed by atoms with Crippen LogP contribution in [0.2, 0.25) is 5.02 Å². The number of para-hydroxylation sites is 2. The van der Waals surface area contributed by atoms with E-state index < -0.39 is 0 Å². The Morgan fingerprint density at radius 3 is 2.44 bits per heavy atom. The molecule has 4 N–H and O–H groups in total. The number of fused-ring (bicyclic) bond motifs is 2. The zero-order chi connectivity index (χ0) is 24.6. The molecule has 176 valence electrons. The second kappa shape index (κ2) is 8.95. The highest BCUT2D eigenvalue weighted by atomic mass is 35.5. The molecule has 3 heterocycles. The summed E-state index contributed by atoms with van der Waals surface area (Å²) in [5.41, 5.74) is 9.86. The highest BCUT2D eigenvalue weighted by Gasteiger charge is 2.24. The molecule has 0 spiro atoms. The van der Waals surface area contributed by atoms with Crippen molar-refractivity contribution in [3.8, 4) is 10.6 Å². The largest absolute Gasteiger partial charge is 0.383 e. The summed E-state index contributed by atoms with van der Waals surface area (Å²) in [5.74, 6) is 0.222. The van der Waals surface area contributed by atoms with Crippen LogP contribution in [0.3, 0.4) is 0 Å². The minimum absolute atomic E-state index is 0.258. The number of anilines is 4. The molecule has 0 aliphatic heterocycles. The second-order valence-electron chi connectivity index (χ2n) is 7.97. The first kappa shape index (κ1) is 22.0. The van der Waals surface area contributed by atoms with E-state index in [2.05, 4.69) is 20.7 Å². The van der Waals surface area contributed by atoms with Gasteiger partial charge in [0.2, 0.25) is 0 Å². The summed E-state index contributed by atoms with van der Waals surface area (Å²) in [6.45, 7) is 0. The Kier molecular flexibility index (Phi) is 5.48. The first-order chi connectivity index (χ1) is 17.5. The first-order valence-corrected chi connectivity index (χ1v) is 12.2. The molecule has 0 saturated carbocycles. The van der Waals surface area contributed by atoms with Crippen molar-refractivity contribution < 1.29 is 4.79 Å².